The van der Waals surface area contributed by atoms with Crippen LogP contribution < -0.4 is 0 Å². The molecule has 1 nitrogen and oxygen atoms in total. The first-order valence-electron chi connectivity index (χ1n) is 5.26. The van der Waals surface area contributed by atoms with Crippen LogP contribution in [0.25, 0.3) is 11.3 Å². The summed E-state index contributed by atoms with van der Waals surface area (Å²) in [5.74, 6) is 0. The molecule has 86 valence electrons. The minimum absolute atomic E-state index is 0. The van der Waals surface area contributed by atoms with Gasteiger partial charge in [0.15, 0.2) is 0 Å². The van der Waals surface area contributed by atoms with Crippen molar-refractivity contribution in [1.29, 1.82) is 0 Å². The van der Waals surface area contributed by atoms with Crippen molar-refractivity contribution in [3.8, 4) is 11.3 Å². The molecule has 0 fully saturated rings. The minimum atomic E-state index is 0. The van der Waals surface area contributed by atoms with Gasteiger partial charge in [0.05, 0.1) is 0 Å². The van der Waals surface area contributed by atoms with Gasteiger partial charge in [-0.2, -0.15) is 30.3 Å². The van der Waals surface area contributed by atoms with Crippen LogP contribution in [0.2, 0.25) is 0 Å². The Morgan fingerprint density at radius 1 is 0.882 bits per heavy atom. The topological polar surface area (TPSA) is 12.9 Å². The molecular weight excluding hydrogens is 250 g/mol. The third kappa shape index (κ3) is 4.39. The Labute approximate surface area is 112 Å². The van der Waals surface area contributed by atoms with Gasteiger partial charge >= 0.3 is 17.1 Å². The van der Waals surface area contributed by atoms with E-state index in [2.05, 4.69) is 17.1 Å². The molecule has 2 aromatic carbocycles. The van der Waals surface area contributed by atoms with E-state index in [0.29, 0.717) is 0 Å². The average Bonchev–Trinajstić information content (AvgIpc) is 3.07. The summed E-state index contributed by atoms with van der Waals surface area (Å²) < 4.78 is 0. The Bertz CT molecular complexity index is 452. The van der Waals surface area contributed by atoms with Crippen molar-refractivity contribution < 1.29 is 17.1 Å². The van der Waals surface area contributed by atoms with Crippen molar-refractivity contribution in [3.63, 3.8) is 0 Å². The number of pyridine rings is 1. The molecule has 0 atom stereocenters. The molecule has 0 radical (unpaired) electrons. The summed E-state index contributed by atoms with van der Waals surface area (Å²) >= 11 is 0. The van der Waals surface area contributed by atoms with Crippen molar-refractivity contribution in [2.24, 2.45) is 0 Å². The van der Waals surface area contributed by atoms with Crippen LogP contribution in [0.1, 0.15) is 0 Å². The smallest absolute Gasteiger partial charge is 0.276 e. The largest absolute Gasteiger partial charge is 2.00 e. The molecule has 0 saturated heterocycles. The van der Waals surface area contributed by atoms with Crippen LogP contribution in [0.5, 0.6) is 0 Å². The predicted molar refractivity (Wildman–Crippen MR) is 67.3 cm³/mol. The molecule has 0 aliphatic rings. The van der Waals surface area contributed by atoms with E-state index in [-0.39, 0.29) is 17.1 Å². The van der Waals surface area contributed by atoms with Gasteiger partial charge in [0.25, 0.3) is 0 Å². The molecule has 3 aromatic rings. The van der Waals surface area contributed by atoms with Crippen LogP contribution in [0, 0.1) is 0 Å². The van der Waals surface area contributed by atoms with Crippen LogP contribution in [0.4, 0.5) is 0 Å². The summed E-state index contributed by atoms with van der Waals surface area (Å²) in [6, 6.07) is 24.1. The summed E-state index contributed by atoms with van der Waals surface area (Å²) in [5.41, 5.74) is 2.23. The van der Waals surface area contributed by atoms with E-state index in [1.54, 1.807) is 0 Å². The van der Waals surface area contributed by atoms with Gasteiger partial charge in [-0.15, -0.1) is 18.2 Å². The Kier molecular flexibility index (Phi) is 6.02. The Morgan fingerprint density at radius 3 is 2.06 bits per heavy atom. The van der Waals surface area contributed by atoms with Crippen molar-refractivity contribution in [2.45, 2.75) is 0 Å². The second kappa shape index (κ2) is 7.61. The molecule has 0 aliphatic carbocycles. The van der Waals surface area contributed by atoms with Crippen LogP contribution in [0.15, 0.2) is 79.0 Å². The quantitative estimate of drug-likeness (QED) is 0.479. The first-order valence-corrected chi connectivity index (χ1v) is 5.26. The monoisotopic (exact) mass is 263 g/mol. The summed E-state index contributed by atoms with van der Waals surface area (Å²) in [5, 5.41) is 0. The molecule has 17 heavy (non-hydrogen) atoms. The Morgan fingerprint density at radius 2 is 1.59 bits per heavy atom. The van der Waals surface area contributed by atoms with Gasteiger partial charge in [-0.1, -0.05) is 17.7 Å². The molecule has 2 heteroatoms. The van der Waals surface area contributed by atoms with E-state index < -0.39 is 0 Å². The maximum absolute atomic E-state index is 4.22. The van der Waals surface area contributed by atoms with Crippen molar-refractivity contribution in [3.05, 3.63) is 79.0 Å². The van der Waals surface area contributed by atoms with E-state index in [1.807, 2.05) is 66.9 Å². The molecule has 0 aliphatic heterocycles. The first kappa shape index (κ1) is 13.4. The van der Waals surface area contributed by atoms with E-state index in [0.717, 1.165) is 5.69 Å². The Balaban J connectivity index is 0.000000205. The van der Waals surface area contributed by atoms with Gasteiger partial charge in [-0.25, -0.2) is 12.1 Å². The predicted octanol–water partition coefficient (Wildman–Crippen LogP) is 3.87. The summed E-state index contributed by atoms with van der Waals surface area (Å²) in [6.07, 6.45) is 1.81. The molecule has 0 saturated carbocycles. The number of rotatable bonds is 1. The van der Waals surface area contributed by atoms with Gasteiger partial charge in [-0.05, 0) is 5.69 Å². The molecular formula is C15H13FeN. The minimum Gasteiger partial charge on any atom is -0.276 e. The van der Waals surface area contributed by atoms with E-state index >= 15 is 0 Å². The average molecular weight is 263 g/mol. The second-order valence-electron chi connectivity index (χ2n) is 3.35. The Hall–Kier alpha value is -1.63. The van der Waals surface area contributed by atoms with E-state index in [1.165, 1.54) is 5.56 Å². The van der Waals surface area contributed by atoms with Crippen molar-refractivity contribution in [2.75, 3.05) is 0 Å². The molecule has 0 unspecified atom stereocenters. The zero-order chi connectivity index (χ0) is 11.1. The van der Waals surface area contributed by atoms with Crippen molar-refractivity contribution in [1.82, 2.24) is 4.98 Å². The van der Waals surface area contributed by atoms with Gasteiger partial charge in [0, 0.05) is 6.20 Å². The molecule has 0 spiro atoms. The third-order valence-corrected chi connectivity index (χ3v) is 2.18. The normalized spacial score (nSPS) is 8.71. The fourth-order valence-corrected chi connectivity index (χ4v) is 1.40. The van der Waals surface area contributed by atoms with Gasteiger partial charge in [-0.3, -0.25) is 4.98 Å². The van der Waals surface area contributed by atoms with Gasteiger partial charge < -0.3 is 0 Å². The standard InChI is InChI=1S/C10H8N.C5H5.Fe/c1-2-6-9(5-1)10-7-3-4-8-11-10;1-2-4-5-3-1;/h1-8H;1-5H;/q2*-1;+2. The van der Waals surface area contributed by atoms with Crippen LogP contribution in [0.3, 0.4) is 0 Å². The van der Waals surface area contributed by atoms with Crippen LogP contribution in [-0.4, -0.2) is 4.98 Å². The number of nitrogens with zero attached hydrogens (tertiary/aromatic N) is 1. The molecule has 1 aromatic heterocycles. The van der Waals surface area contributed by atoms with Crippen LogP contribution in [-0.2, 0) is 17.1 Å². The zero-order valence-electron chi connectivity index (χ0n) is 9.31. The van der Waals surface area contributed by atoms with E-state index in [4.69, 9.17) is 0 Å². The summed E-state index contributed by atoms with van der Waals surface area (Å²) in [7, 11) is 0. The molecule has 0 bridgehead atoms. The molecule has 0 N–H and O–H groups in total. The second-order valence-corrected chi connectivity index (χ2v) is 3.35. The summed E-state index contributed by atoms with van der Waals surface area (Å²) in [4.78, 5) is 4.22. The molecule has 3 rings (SSSR count). The zero-order valence-corrected chi connectivity index (χ0v) is 10.4. The number of hydrogen-bond donors (Lipinski definition) is 0. The fraction of sp³-hybridized carbons (Fsp3) is 0. The van der Waals surface area contributed by atoms with Crippen LogP contribution >= 0.6 is 0 Å². The fourth-order valence-electron chi connectivity index (χ4n) is 1.40. The first-order chi connectivity index (χ1) is 7.97. The maximum Gasteiger partial charge on any atom is 2.00 e. The van der Waals surface area contributed by atoms with Gasteiger partial charge in [0.2, 0.25) is 0 Å². The van der Waals surface area contributed by atoms with Gasteiger partial charge in [0.1, 0.15) is 0 Å². The maximum atomic E-state index is 4.22. The number of aromatic nitrogens is 1. The summed E-state index contributed by atoms with van der Waals surface area (Å²) in [6.45, 7) is 0. The van der Waals surface area contributed by atoms with Crippen molar-refractivity contribution >= 4 is 0 Å². The molecule has 1 heterocycles. The number of hydrogen-bond acceptors (Lipinski definition) is 1. The van der Waals surface area contributed by atoms with E-state index in [9.17, 15) is 0 Å². The molecule has 0 amide bonds. The SMILES string of the molecule is [Fe+2].c1cc[cH-]c1.c1ccc(-[c-]2cccc2)nc1. The third-order valence-electron chi connectivity index (χ3n) is 2.18.